The SMILES string of the molecule is CNC(=O)C[NH2+]CC(=O)Nc1ccc(N2CCOCC2)cc1. The van der Waals surface area contributed by atoms with E-state index in [9.17, 15) is 9.59 Å². The number of hydrogen-bond donors (Lipinski definition) is 3. The smallest absolute Gasteiger partial charge is 0.279 e. The van der Waals surface area contributed by atoms with Gasteiger partial charge in [0.1, 0.15) is 0 Å². The number of quaternary nitrogens is 1. The summed E-state index contributed by atoms with van der Waals surface area (Å²) in [5, 5.41) is 6.99. The van der Waals surface area contributed by atoms with Crippen LogP contribution in [0.15, 0.2) is 24.3 Å². The van der Waals surface area contributed by atoms with Gasteiger partial charge in [-0.3, -0.25) is 9.59 Å². The second-order valence-electron chi connectivity index (χ2n) is 5.06. The molecule has 2 amide bonds. The highest BCUT2D eigenvalue weighted by atomic mass is 16.5. The van der Waals surface area contributed by atoms with Crippen molar-refractivity contribution in [3.8, 4) is 0 Å². The Bertz CT molecular complexity index is 498. The van der Waals surface area contributed by atoms with Gasteiger partial charge < -0.3 is 25.6 Å². The molecule has 0 spiro atoms. The number of ether oxygens (including phenoxy) is 1. The van der Waals surface area contributed by atoms with Gasteiger partial charge in [0.05, 0.1) is 13.2 Å². The Labute approximate surface area is 130 Å². The van der Waals surface area contributed by atoms with Crippen molar-refractivity contribution in [3.63, 3.8) is 0 Å². The van der Waals surface area contributed by atoms with Gasteiger partial charge in [-0.1, -0.05) is 0 Å². The van der Waals surface area contributed by atoms with E-state index in [0.717, 1.165) is 37.7 Å². The fourth-order valence-electron chi connectivity index (χ4n) is 2.23. The van der Waals surface area contributed by atoms with E-state index in [2.05, 4.69) is 15.5 Å². The summed E-state index contributed by atoms with van der Waals surface area (Å²) in [7, 11) is 1.58. The van der Waals surface area contributed by atoms with Crippen molar-refractivity contribution in [3.05, 3.63) is 24.3 Å². The normalized spacial score (nSPS) is 14.5. The highest BCUT2D eigenvalue weighted by Gasteiger charge is 2.11. The third-order valence-electron chi connectivity index (χ3n) is 3.47. The molecule has 0 unspecified atom stereocenters. The molecule has 1 aliphatic rings. The van der Waals surface area contributed by atoms with Gasteiger partial charge in [-0.15, -0.1) is 0 Å². The second-order valence-corrected chi connectivity index (χ2v) is 5.06. The third-order valence-corrected chi connectivity index (χ3v) is 3.47. The van der Waals surface area contributed by atoms with E-state index >= 15 is 0 Å². The monoisotopic (exact) mass is 307 g/mol. The van der Waals surface area contributed by atoms with Crippen molar-refractivity contribution in [2.24, 2.45) is 0 Å². The number of carbonyl (C=O) groups excluding carboxylic acids is 2. The van der Waals surface area contributed by atoms with Crippen molar-refractivity contribution in [2.75, 3.05) is 56.7 Å². The molecule has 0 atom stereocenters. The van der Waals surface area contributed by atoms with Crippen LogP contribution in [0.3, 0.4) is 0 Å². The minimum atomic E-state index is -0.122. The first-order chi connectivity index (χ1) is 10.7. The van der Waals surface area contributed by atoms with Crippen LogP contribution in [0.2, 0.25) is 0 Å². The number of carbonyl (C=O) groups is 2. The van der Waals surface area contributed by atoms with Crippen molar-refractivity contribution in [1.29, 1.82) is 0 Å². The average molecular weight is 307 g/mol. The minimum Gasteiger partial charge on any atom is -0.378 e. The first kappa shape index (κ1) is 16.3. The van der Waals surface area contributed by atoms with Crippen molar-refractivity contribution < 1.29 is 19.6 Å². The lowest BCUT2D eigenvalue weighted by molar-refractivity contribution is -0.632. The Morgan fingerprint density at radius 3 is 2.41 bits per heavy atom. The van der Waals surface area contributed by atoms with Crippen LogP contribution in [-0.4, -0.2) is 58.3 Å². The summed E-state index contributed by atoms with van der Waals surface area (Å²) in [4.78, 5) is 25.1. The number of hydrogen-bond acceptors (Lipinski definition) is 4. The largest absolute Gasteiger partial charge is 0.378 e. The lowest BCUT2D eigenvalue weighted by Gasteiger charge is -2.28. The zero-order chi connectivity index (χ0) is 15.8. The first-order valence-electron chi connectivity index (χ1n) is 7.44. The first-order valence-corrected chi connectivity index (χ1v) is 7.44. The summed E-state index contributed by atoms with van der Waals surface area (Å²) in [6, 6.07) is 7.77. The summed E-state index contributed by atoms with van der Waals surface area (Å²) < 4.78 is 5.33. The number of anilines is 2. The van der Waals surface area contributed by atoms with E-state index in [-0.39, 0.29) is 24.9 Å². The van der Waals surface area contributed by atoms with Crippen LogP contribution >= 0.6 is 0 Å². The number of nitrogens with one attached hydrogen (secondary N) is 2. The molecule has 2 rings (SSSR count). The topological polar surface area (TPSA) is 87.3 Å². The summed E-state index contributed by atoms with van der Waals surface area (Å²) in [6.07, 6.45) is 0. The van der Waals surface area contributed by atoms with Gasteiger partial charge in [0, 0.05) is 31.5 Å². The van der Waals surface area contributed by atoms with Gasteiger partial charge in [0.2, 0.25) is 0 Å². The number of benzene rings is 1. The Morgan fingerprint density at radius 1 is 1.14 bits per heavy atom. The van der Waals surface area contributed by atoms with E-state index in [1.807, 2.05) is 24.3 Å². The van der Waals surface area contributed by atoms with Crippen molar-refractivity contribution >= 4 is 23.2 Å². The summed E-state index contributed by atoms with van der Waals surface area (Å²) in [5.74, 6) is -0.217. The van der Waals surface area contributed by atoms with E-state index in [1.54, 1.807) is 12.4 Å². The van der Waals surface area contributed by atoms with Gasteiger partial charge in [-0.2, -0.15) is 0 Å². The Hall–Kier alpha value is -2.12. The molecule has 0 aromatic heterocycles. The number of likely N-dealkylation sites (N-methyl/N-ethyl adjacent to an activating group) is 1. The Kier molecular flexibility index (Phi) is 6.17. The van der Waals surface area contributed by atoms with E-state index in [4.69, 9.17) is 4.74 Å². The maximum absolute atomic E-state index is 11.8. The highest BCUT2D eigenvalue weighted by molar-refractivity contribution is 5.91. The van der Waals surface area contributed by atoms with Crippen LogP contribution in [0.25, 0.3) is 0 Å². The van der Waals surface area contributed by atoms with Gasteiger partial charge >= 0.3 is 0 Å². The lowest BCUT2D eigenvalue weighted by atomic mass is 10.2. The number of nitrogens with two attached hydrogens (primary N) is 1. The van der Waals surface area contributed by atoms with Crippen LogP contribution in [-0.2, 0) is 14.3 Å². The highest BCUT2D eigenvalue weighted by Crippen LogP contribution is 2.18. The molecule has 7 heteroatoms. The van der Waals surface area contributed by atoms with Crippen LogP contribution in [0.1, 0.15) is 0 Å². The zero-order valence-electron chi connectivity index (χ0n) is 12.8. The van der Waals surface area contributed by atoms with E-state index in [1.165, 1.54) is 0 Å². The number of rotatable bonds is 6. The average Bonchev–Trinajstić information content (AvgIpc) is 2.56. The van der Waals surface area contributed by atoms with Crippen LogP contribution in [0, 0.1) is 0 Å². The zero-order valence-corrected chi connectivity index (χ0v) is 12.8. The predicted octanol–water partition coefficient (Wildman–Crippen LogP) is -1.23. The second kappa shape index (κ2) is 8.35. The minimum absolute atomic E-state index is 0.0948. The summed E-state index contributed by atoms with van der Waals surface area (Å²) in [5.41, 5.74) is 1.89. The molecule has 0 bridgehead atoms. The molecule has 1 aromatic carbocycles. The molecule has 0 radical (unpaired) electrons. The van der Waals surface area contributed by atoms with Crippen molar-refractivity contribution in [2.45, 2.75) is 0 Å². The van der Waals surface area contributed by atoms with E-state index < -0.39 is 0 Å². The Morgan fingerprint density at radius 2 is 1.77 bits per heavy atom. The molecule has 120 valence electrons. The molecule has 1 aliphatic heterocycles. The molecular weight excluding hydrogens is 284 g/mol. The lowest BCUT2D eigenvalue weighted by Crippen LogP contribution is -2.88. The molecule has 1 aromatic rings. The maximum atomic E-state index is 11.8. The Balaban J connectivity index is 1.78. The van der Waals surface area contributed by atoms with Gasteiger partial charge in [0.25, 0.3) is 11.8 Å². The van der Waals surface area contributed by atoms with Crippen molar-refractivity contribution in [1.82, 2.24) is 5.32 Å². The third kappa shape index (κ3) is 5.01. The molecule has 7 nitrogen and oxygen atoms in total. The fourth-order valence-corrected chi connectivity index (χ4v) is 2.23. The maximum Gasteiger partial charge on any atom is 0.279 e. The molecule has 0 aliphatic carbocycles. The quantitative estimate of drug-likeness (QED) is 0.614. The van der Waals surface area contributed by atoms with Gasteiger partial charge in [-0.25, -0.2) is 0 Å². The molecule has 1 fully saturated rings. The summed E-state index contributed by atoms with van der Waals surface area (Å²) >= 11 is 0. The molecule has 1 heterocycles. The van der Waals surface area contributed by atoms with Crippen LogP contribution < -0.4 is 20.9 Å². The fraction of sp³-hybridized carbons (Fsp3) is 0.467. The molecule has 4 N–H and O–H groups in total. The number of nitrogens with zero attached hydrogens (tertiary/aromatic N) is 1. The molecule has 22 heavy (non-hydrogen) atoms. The summed E-state index contributed by atoms with van der Waals surface area (Å²) in [6.45, 7) is 3.75. The number of morpholine rings is 1. The van der Waals surface area contributed by atoms with Gasteiger partial charge in [-0.05, 0) is 24.3 Å². The molecular formula is C15H23N4O3+. The standard InChI is InChI=1S/C15H22N4O3/c1-16-14(20)10-17-11-15(21)18-12-2-4-13(5-3-12)19-6-8-22-9-7-19/h2-5,17H,6-11H2,1H3,(H,16,20)(H,18,21)/p+1. The number of amides is 2. The van der Waals surface area contributed by atoms with E-state index in [0.29, 0.717) is 0 Å². The predicted molar refractivity (Wildman–Crippen MR) is 83.8 cm³/mol. The molecule has 1 saturated heterocycles. The van der Waals surface area contributed by atoms with Gasteiger partial charge in [0.15, 0.2) is 13.1 Å². The molecule has 0 saturated carbocycles. The van der Waals surface area contributed by atoms with Crippen LogP contribution in [0.4, 0.5) is 11.4 Å². The van der Waals surface area contributed by atoms with Crippen LogP contribution in [0.5, 0.6) is 0 Å².